The van der Waals surface area contributed by atoms with Crippen LogP contribution in [0.4, 0.5) is 21.0 Å². The highest BCUT2D eigenvalue weighted by molar-refractivity contribution is 6.35. The number of epoxide rings is 1. The van der Waals surface area contributed by atoms with Gasteiger partial charge in [0.25, 0.3) is 5.91 Å². The lowest BCUT2D eigenvalue weighted by molar-refractivity contribution is -0.160. The fourth-order valence-electron chi connectivity index (χ4n) is 14.5. The summed E-state index contributed by atoms with van der Waals surface area (Å²) in [5, 5.41) is 25.6. The van der Waals surface area contributed by atoms with Gasteiger partial charge in [-0.15, -0.1) is 0 Å². The lowest BCUT2D eigenvalue weighted by atomic mass is 9.64. The second kappa shape index (κ2) is 34.6. The molecule has 2 aromatic carbocycles. The number of nitrogens with zero attached hydrogens (tertiary/aromatic N) is 2. The van der Waals surface area contributed by atoms with Crippen molar-refractivity contribution in [3.8, 4) is 11.5 Å². The molecule has 1 aliphatic carbocycles. The normalized spacial score (nSPS) is 27.9. The summed E-state index contributed by atoms with van der Waals surface area (Å²) in [5.74, 6) is -4.74. The first-order chi connectivity index (χ1) is 46.9. The number of hydrogen-bond donors (Lipinski definition) is 7. The zero-order valence-electron chi connectivity index (χ0n) is 61.7. The van der Waals surface area contributed by atoms with Crippen LogP contribution in [0.25, 0.3) is 0 Å². The fourth-order valence-corrected chi connectivity index (χ4v) is 14.8. The second-order valence-corrected chi connectivity index (χ2v) is 29.9. The number of urea groups is 1. The van der Waals surface area contributed by atoms with Gasteiger partial charge in [0.15, 0.2) is 12.0 Å². The molecule has 2 saturated heterocycles. The summed E-state index contributed by atoms with van der Waals surface area (Å²) >= 11 is 6.90. The molecule has 6 rings (SSSR count). The molecule has 1 saturated carbocycles. The van der Waals surface area contributed by atoms with Crippen molar-refractivity contribution in [3.63, 3.8) is 0 Å². The van der Waals surface area contributed by atoms with Gasteiger partial charge >= 0.3 is 18.1 Å². The van der Waals surface area contributed by atoms with Crippen molar-refractivity contribution >= 4 is 76.9 Å². The number of fused-ring (bicyclic) bond motifs is 5. The predicted molar refractivity (Wildman–Crippen MR) is 380 cm³/mol. The van der Waals surface area contributed by atoms with E-state index in [0.29, 0.717) is 50.0 Å². The van der Waals surface area contributed by atoms with Gasteiger partial charge in [0.2, 0.25) is 23.6 Å². The number of amides is 8. The molecule has 556 valence electrons. The van der Waals surface area contributed by atoms with E-state index < -0.39 is 125 Å². The first kappa shape index (κ1) is 81.6. The van der Waals surface area contributed by atoms with Gasteiger partial charge in [0.05, 0.1) is 49.3 Å². The zero-order chi connectivity index (χ0) is 74.5. The number of primary amides is 1. The maximum absolute atomic E-state index is 14.9. The van der Waals surface area contributed by atoms with Crippen LogP contribution in [0.3, 0.4) is 0 Å². The van der Waals surface area contributed by atoms with Gasteiger partial charge in [-0.1, -0.05) is 116 Å². The number of methoxy groups -OCH3 is 3. The maximum Gasteiger partial charge on any atom is 0.409 e. The van der Waals surface area contributed by atoms with Crippen LogP contribution in [0.5, 0.6) is 11.5 Å². The van der Waals surface area contributed by atoms with Crippen LogP contribution >= 0.6 is 11.6 Å². The molecule has 2 aromatic rings. The predicted octanol–water partition coefficient (Wildman–Crippen LogP) is 9.94. The minimum absolute atomic E-state index is 0.0344. The summed E-state index contributed by atoms with van der Waals surface area (Å²) in [5.41, 5.74) is 1.98. The number of ether oxygens (including phenoxy) is 7. The number of likely N-dealkylation sites (N-methyl/N-ethyl adjacent to an activating group) is 1. The number of aldehydes is 1. The largest absolute Gasteiger partial charge is 0.497 e. The molecule has 4 aliphatic rings. The van der Waals surface area contributed by atoms with Crippen LogP contribution in [0, 0.1) is 22.7 Å². The summed E-state index contributed by atoms with van der Waals surface area (Å²) in [6.45, 7) is 23.2. The molecule has 3 fully saturated rings. The molecule has 26 heteroatoms. The summed E-state index contributed by atoms with van der Waals surface area (Å²) in [6, 6.07) is 3.15. The number of unbranched alkanes of at least 4 members (excludes halogenated alkanes) is 3. The number of aliphatic hydroxyl groups is 1. The number of nitrogens with one attached hydrogen (secondary N) is 5. The topological polar surface area (TPSA) is 334 Å². The number of hydrogen-bond acceptors (Lipinski definition) is 17. The van der Waals surface area contributed by atoms with Gasteiger partial charge in [-0.25, -0.2) is 14.4 Å². The highest BCUT2D eigenvalue weighted by atomic mass is 35.5. The van der Waals surface area contributed by atoms with Gasteiger partial charge in [-0.3, -0.25) is 29.3 Å². The lowest BCUT2D eigenvalue weighted by Crippen LogP contribution is -2.63. The van der Waals surface area contributed by atoms with Crippen LogP contribution in [-0.4, -0.2) is 171 Å². The van der Waals surface area contributed by atoms with E-state index in [4.69, 9.17) is 50.5 Å². The van der Waals surface area contributed by atoms with Gasteiger partial charge in [-0.2, -0.15) is 0 Å². The summed E-state index contributed by atoms with van der Waals surface area (Å²) < 4.78 is 42.1. The first-order valence-corrected chi connectivity index (χ1v) is 35.4. The van der Waals surface area contributed by atoms with Crippen LogP contribution in [-0.2, 0) is 58.9 Å². The first-order valence-electron chi connectivity index (χ1n) is 35.1. The van der Waals surface area contributed by atoms with E-state index in [0.717, 1.165) is 54.4 Å². The maximum atomic E-state index is 14.9. The lowest BCUT2D eigenvalue weighted by Gasteiger charge is -2.42. The molecule has 0 radical (unpaired) electrons. The Bertz CT molecular complexity index is 3350. The van der Waals surface area contributed by atoms with E-state index in [2.05, 4.69) is 54.3 Å². The van der Waals surface area contributed by atoms with Crippen molar-refractivity contribution in [3.05, 3.63) is 70.3 Å². The van der Waals surface area contributed by atoms with Crippen molar-refractivity contribution in [2.45, 2.75) is 251 Å². The molecule has 0 spiro atoms. The molecular formula is C74H111ClN8O17. The number of halogens is 1. The van der Waals surface area contributed by atoms with Crippen LogP contribution in [0.15, 0.2) is 54.1 Å². The van der Waals surface area contributed by atoms with Gasteiger partial charge in [0.1, 0.15) is 64.2 Å². The Morgan fingerprint density at radius 1 is 0.950 bits per heavy atom. The third-order valence-electron chi connectivity index (χ3n) is 21.1. The van der Waals surface area contributed by atoms with E-state index >= 15 is 0 Å². The van der Waals surface area contributed by atoms with E-state index in [9.17, 15) is 48.3 Å². The van der Waals surface area contributed by atoms with Crippen molar-refractivity contribution in [2.75, 3.05) is 52.2 Å². The van der Waals surface area contributed by atoms with Gasteiger partial charge < -0.3 is 79.9 Å². The number of alkyl carbamates (subject to hydrolysis) is 1. The highest BCUT2D eigenvalue weighted by Gasteiger charge is 2.65. The van der Waals surface area contributed by atoms with Crippen molar-refractivity contribution in [1.82, 2.24) is 26.2 Å². The summed E-state index contributed by atoms with van der Waals surface area (Å²) in [7, 11) is 7.10. The molecule has 25 nitrogen and oxygen atoms in total. The fraction of sp³-hybridized carbons (Fsp3) is 0.662. The molecule has 13 atom stereocenters. The number of anilines is 2. The number of esters is 1. The number of allylic oxidation sites excluding steroid dienone is 3. The van der Waals surface area contributed by atoms with E-state index in [1.807, 2.05) is 26.8 Å². The van der Waals surface area contributed by atoms with Crippen molar-refractivity contribution < 1.29 is 81.4 Å². The standard InChI is InChI=1S/C74H111ClN8O17/c1-18-20-22-33-71(11)42-73(43-84,41-70(71,10)19-2)100-69(8,9)32-23-21-29-58(85)80-61(44(3)4)64(88)78-51(27-25-34-77-67(76)91)63(87)79-52-38-49(94-15)30-31-50(52)65(89)82(13)47(7)66(90)98-57-39-59(86)83(14)53-36-48(37-54(95-16)60(53)75)35-45(5)26-24-28-56(96-17)74(93)40-55(97-68(92)81-74)46(6)62-72(57,12)99-62/h24,26,28,30-31,36-38,43-44,46-47,51,55-57,61-62,93H,18-23,25,27,29,32-35,39-42H2,1-17H3,(H,78,88)(H,79,87)(H,80,85)(H,81,92)(H3,76,77,91)/b28-24+,45-26+/t46-,47+,51+,55+,56-,57+,61+,62+,70?,71?,72+,73?,74+/m1/s1. The quantitative estimate of drug-likeness (QED) is 0.0165. The Morgan fingerprint density at radius 2 is 1.65 bits per heavy atom. The third-order valence-corrected chi connectivity index (χ3v) is 21.5. The minimum atomic E-state index is -1.94. The number of nitrogens with two attached hydrogens (primary N) is 1. The number of carbonyl (C=O) groups excluding carboxylic acids is 9. The molecular weight excluding hydrogens is 1310 g/mol. The Balaban J connectivity index is 1.19. The Labute approximate surface area is 595 Å². The number of carbonyl (C=O) groups is 9. The summed E-state index contributed by atoms with van der Waals surface area (Å²) in [6.07, 6.45) is 9.21. The monoisotopic (exact) mass is 1420 g/mol. The molecule has 3 heterocycles. The highest BCUT2D eigenvalue weighted by Crippen LogP contribution is 2.62. The molecule has 0 aromatic heterocycles. The van der Waals surface area contributed by atoms with E-state index in [1.54, 1.807) is 52.0 Å². The third kappa shape index (κ3) is 20.1. The number of rotatable bonds is 30. The smallest absolute Gasteiger partial charge is 0.409 e. The average Bonchev–Trinajstić information content (AvgIpc) is 1.58. The van der Waals surface area contributed by atoms with Crippen LogP contribution < -0.4 is 46.7 Å². The van der Waals surface area contributed by atoms with Gasteiger partial charge in [0, 0.05) is 52.6 Å². The Morgan fingerprint density at radius 3 is 2.28 bits per heavy atom. The van der Waals surface area contributed by atoms with Gasteiger partial charge in [-0.05, 0) is 133 Å². The number of benzene rings is 2. The van der Waals surface area contributed by atoms with Crippen LogP contribution in [0.2, 0.25) is 5.02 Å². The van der Waals surface area contributed by atoms with Crippen LogP contribution in [0.1, 0.15) is 195 Å². The minimum Gasteiger partial charge on any atom is -0.497 e. The molecule has 8 N–H and O–H groups in total. The zero-order valence-corrected chi connectivity index (χ0v) is 62.5. The van der Waals surface area contributed by atoms with E-state index in [1.165, 1.54) is 65.4 Å². The van der Waals surface area contributed by atoms with Crippen molar-refractivity contribution in [1.29, 1.82) is 0 Å². The molecule has 100 heavy (non-hydrogen) atoms. The Kier molecular flexibility index (Phi) is 28.2. The molecule has 3 unspecified atom stereocenters. The average molecular weight is 1420 g/mol. The Hall–Kier alpha value is -7.32. The van der Waals surface area contributed by atoms with Crippen molar-refractivity contribution in [2.24, 2.45) is 28.4 Å². The molecule has 4 bridgehead atoms. The summed E-state index contributed by atoms with van der Waals surface area (Å²) in [4.78, 5) is 127. The second-order valence-electron chi connectivity index (χ2n) is 29.5. The molecule has 8 amide bonds. The SMILES string of the molecule is CCCCCC1(C)CC(C=O)(OC(C)(C)CCCCC(=O)N[C@H](C(=O)N[C@@H](CCCNC(N)=O)C(=O)Nc2cc(OC)ccc2C(=O)N(C)[C@@H](C)C(=O)O[C@H]2CC(=O)N(C)c3cc(cc(OC)c3Cl)C/C(C)=C/C=C/[C@@H](OC)[C@@]3(O)C[C@H](OC(=O)N3)[C@@H](C)[C@@H]3O[C@@]23C)C(C)C)CC1(C)CC. The van der Waals surface area contributed by atoms with E-state index in [-0.39, 0.29) is 71.0 Å². The molecule has 3 aliphatic heterocycles.